The number of aryl methyl sites for hydroxylation is 2. The predicted molar refractivity (Wildman–Crippen MR) is 104 cm³/mol. The van der Waals surface area contributed by atoms with Crippen LogP contribution in [0, 0.1) is 13.8 Å². The number of hydrogen-bond donors (Lipinski definition) is 0. The van der Waals surface area contributed by atoms with Gasteiger partial charge in [0.15, 0.2) is 0 Å². The molecular weight excluding hydrogens is 364 g/mol. The van der Waals surface area contributed by atoms with Crippen LogP contribution in [0.4, 0.5) is 5.69 Å². The summed E-state index contributed by atoms with van der Waals surface area (Å²) in [7, 11) is 0. The Labute approximate surface area is 162 Å². The van der Waals surface area contributed by atoms with E-state index in [4.69, 9.17) is 11.6 Å². The molecule has 140 valence electrons. The van der Waals surface area contributed by atoms with Crippen LogP contribution < -0.4 is 4.90 Å². The van der Waals surface area contributed by atoms with Crippen LogP contribution >= 0.6 is 11.6 Å². The van der Waals surface area contributed by atoms with Gasteiger partial charge in [-0.3, -0.25) is 4.79 Å². The summed E-state index contributed by atoms with van der Waals surface area (Å²) in [5.74, 6) is 0.685. The largest absolute Gasteiger partial charge is 0.368 e. The van der Waals surface area contributed by atoms with Gasteiger partial charge >= 0.3 is 0 Å². The van der Waals surface area contributed by atoms with Gasteiger partial charge < -0.3 is 9.80 Å². The third kappa shape index (κ3) is 3.47. The smallest absolute Gasteiger partial charge is 0.252 e. The first-order valence-electron chi connectivity index (χ1n) is 8.97. The SMILES string of the molecule is Cc1nc2ncnn2c(C)c1CC(=O)N1CCN(c2cccc(Cl)c2)CC1. The Morgan fingerprint density at radius 1 is 1.19 bits per heavy atom. The summed E-state index contributed by atoms with van der Waals surface area (Å²) in [6.07, 6.45) is 1.81. The minimum atomic E-state index is 0.119. The van der Waals surface area contributed by atoms with Crippen LogP contribution in [0.1, 0.15) is 17.0 Å². The summed E-state index contributed by atoms with van der Waals surface area (Å²) in [6.45, 7) is 6.86. The Hall–Kier alpha value is -2.67. The normalized spacial score (nSPS) is 14.8. The van der Waals surface area contributed by atoms with Gasteiger partial charge in [-0.25, -0.2) is 9.50 Å². The van der Waals surface area contributed by atoms with Crippen LogP contribution in [-0.4, -0.2) is 56.6 Å². The quantitative estimate of drug-likeness (QED) is 0.693. The van der Waals surface area contributed by atoms with Gasteiger partial charge in [-0.1, -0.05) is 17.7 Å². The molecule has 3 heterocycles. The van der Waals surface area contributed by atoms with Gasteiger partial charge in [0, 0.05) is 53.8 Å². The van der Waals surface area contributed by atoms with Crippen molar-refractivity contribution >= 4 is 29.0 Å². The molecule has 27 heavy (non-hydrogen) atoms. The third-order valence-corrected chi connectivity index (χ3v) is 5.36. The first-order valence-corrected chi connectivity index (χ1v) is 9.35. The Morgan fingerprint density at radius 2 is 1.96 bits per heavy atom. The van der Waals surface area contributed by atoms with E-state index < -0.39 is 0 Å². The number of carbonyl (C=O) groups excluding carboxylic acids is 1. The lowest BCUT2D eigenvalue weighted by atomic mass is 10.1. The highest BCUT2D eigenvalue weighted by atomic mass is 35.5. The molecular formula is C19H21ClN6O. The van der Waals surface area contributed by atoms with Gasteiger partial charge in [-0.05, 0) is 32.0 Å². The van der Waals surface area contributed by atoms with Crippen LogP contribution in [0.15, 0.2) is 30.6 Å². The molecule has 0 atom stereocenters. The average molecular weight is 385 g/mol. The number of nitrogens with zero attached hydrogens (tertiary/aromatic N) is 6. The molecule has 0 aliphatic carbocycles. The Kier molecular flexibility index (Phi) is 4.70. The summed E-state index contributed by atoms with van der Waals surface area (Å²) in [5, 5.41) is 4.92. The van der Waals surface area contributed by atoms with E-state index in [0.717, 1.165) is 40.8 Å². The fraction of sp³-hybridized carbons (Fsp3) is 0.368. The molecule has 0 radical (unpaired) electrons. The highest BCUT2D eigenvalue weighted by Gasteiger charge is 2.23. The van der Waals surface area contributed by atoms with Crippen molar-refractivity contribution < 1.29 is 4.79 Å². The molecule has 0 N–H and O–H groups in total. The third-order valence-electron chi connectivity index (χ3n) is 5.12. The Morgan fingerprint density at radius 3 is 2.70 bits per heavy atom. The standard InChI is InChI=1S/C19H21ClN6O/c1-13-17(14(2)26-19(23-13)21-12-22-26)11-18(27)25-8-6-24(7-9-25)16-5-3-4-15(20)10-16/h3-5,10,12H,6-9,11H2,1-2H3. The molecule has 1 aliphatic heterocycles. The van der Waals surface area contributed by atoms with Crippen molar-refractivity contribution in [3.8, 4) is 0 Å². The number of hydrogen-bond acceptors (Lipinski definition) is 5. The number of halogens is 1. The zero-order chi connectivity index (χ0) is 19.0. The number of benzene rings is 1. The summed E-state index contributed by atoms with van der Waals surface area (Å²) in [6, 6.07) is 7.84. The molecule has 3 aromatic rings. The second-order valence-electron chi connectivity index (χ2n) is 6.76. The highest BCUT2D eigenvalue weighted by Crippen LogP contribution is 2.21. The molecule has 0 bridgehead atoms. The number of rotatable bonds is 3. The number of aromatic nitrogens is 4. The number of amides is 1. The van der Waals surface area contributed by atoms with E-state index in [-0.39, 0.29) is 5.91 Å². The lowest BCUT2D eigenvalue weighted by molar-refractivity contribution is -0.130. The van der Waals surface area contributed by atoms with Crippen molar-refractivity contribution in [3.05, 3.63) is 52.6 Å². The van der Waals surface area contributed by atoms with Gasteiger partial charge in [-0.2, -0.15) is 10.1 Å². The molecule has 7 nitrogen and oxygen atoms in total. The fourth-order valence-electron chi connectivity index (χ4n) is 3.56. The predicted octanol–water partition coefficient (Wildman–Crippen LogP) is 2.29. The summed E-state index contributed by atoms with van der Waals surface area (Å²) >= 11 is 6.09. The molecule has 0 spiro atoms. The van der Waals surface area contributed by atoms with Gasteiger partial charge in [-0.15, -0.1) is 0 Å². The Bertz CT molecular complexity index is 993. The van der Waals surface area contributed by atoms with Crippen molar-refractivity contribution in [3.63, 3.8) is 0 Å². The highest BCUT2D eigenvalue weighted by molar-refractivity contribution is 6.30. The minimum absolute atomic E-state index is 0.119. The van der Waals surface area contributed by atoms with E-state index in [9.17, 15) is 4.79 Å². The van der Waals surface area contributed by atoms with Crippen LogP contribution in [0.3, 0.4) is 0 Å². The van der Waals surface area contributed by atoms with Crippen LogP contribution in [0.25, 0.3) is 5.78 Å². The monoisotopic (exact) mass is 384 g/mol. The van der Waals surface area contributed by atoms with Gasteiger partial charge in [0.1, 0.15) is 6.33 Å². The molecule has 1 aliphatic rings. The maximum atomic E-state index is 12.9. The van der Waals surface area contributed by atoms with Crippen molar-refractivity contribution in [2.75, 3.05) is 31.1 Å². The average Bonchev–Trinajstić information content (AvgIpc) is 3.13. The van der Waals surface area contributed by atoms with Crippen LogP contribution in [-0.2, 0) is 11.2 Å². The van der Waals surface area contributed by atoms with Crippen LogP contribution in [0.5, 0.6) is 0 Å². The number of piperazine rings is 1. The number of carbonyl (C=O) groups is 1. The molecule has 0 unspecified atom stereocenters. The molecule has 8 heteroatoms. The summed E-state index contributed by atoms with van der Waals surface area (Å²) in [5.41, 5.74) is 3.78. The zero-order valence-electron chi connectivity index (χ0n) is 15.4. The Balaban J connectivity index is 1.44. The number of fused-ring (bicyclic) bond motifs is 1. The topological polar surface area (TPSA) is 66.6 Å². The minimum Gasteiger partial charge on any atom is -0.368 e. The fourth-order valence-corrected chi connectivity index (χ4v) is 3.75. The van der Waals surface area contributed by atoms with Gasteiger partial charge in [0.25, 0.3) is 5.78 Å². The molecule has 1 aromatic carbocycles. The maximum absolute atomic E-state index is 12.9. The molecule has 4 rings (SSSR count). The maximum Gasteiger partial charge on any atom is 0.252 e. The second kappa shape index (κ2) is 7.15. The van der Waals surface area contributed by atoms with E-state index in [1.807, 2.05) is 36.9 Å². The molecule has 0 saturated carbocycles. The van der Waals surface area contributed by atoms with Crippen molar-refractivity contribution in [2.24, 2.45) is 0 Å². The first kappa shape index (κ1) is 17.7. The van der Waals surface area contributed by atoms with Crippen molar-refractivity contribution in [1.29, 1.82) is 0 Å². The van der Waals surface area contributed by atoms with E-state index in [2.05, 4.69) is 26.0 Å². The van der Waals surface area contributed by atoms with E-state index in [1.165, 1.54) is 6.33 Å². The molecule has 1 saturated heterocycles. The van der Waals surface area contributed by atoms with E-state index in [0.29, 0.717) is 25.3 Å². The van der Waals surface area contributed by atoms with Gasteiger partial charge in [0.05, 0.1) is 6.42 Å². The molecule has 1 amide bonds. The van der Waals surface area contributed by atoms with Gasteiger partial charge in [0.2, 0.25) is 5.91 Å². The van der Waals surface area contributed by atoms with Crippen molar-refractivity contribution in [1.82, 2.24) is 24.5 Å². The molecule has 2 aromatic heterocycles. The summed E-state index contributed by atoms with van der Waals surface area (Å²) in [4.78, 5) is 25.6. The van der Waals surface area contributed by atoms with Crippen molar-refractivity contribution in [2.45, 2.75) is 20.3 Å². The van der Waals surface area contributed by atoms with Crippen LogP contribution in [0.2, 0.25) is 5.02 Å². The summed E-state index contributed by atoms with van der Waals surface area (Å²) < 4.78 is 1.69. The lowest BCUT2D eigenvalue weighted by Crippen LogP contribution is -2.49. The lowest BCUT2D eigenvalue weighted by Gasteiger charge is -2.36. The molecule has 1 fully saturated rings. The zero-order valence-corrected chi connectivity index (χ0v) is 16.1. The second-order valence-corrected chi connectivity index (χ2v) is 7.19. The number of anilines is 1. The first-order chi connectivity index (χ1) is 13.0. The van der Waals surface area contributed by atoms with E-state index >= 15 is 0 Å². The van der Waals surface area contributed by atoms with E-state index in [1.54, 1.807) is 4.52 Å².